The van der Waals surface area contributed by atoms with Gasteiger partial charge in [-0.1, -0.05) is 15.9 Å². The SMILES string of the molecule is COc1ccc(Br)c(C)c1NC=C1C(=O)OC(C)(C)OC1=O. The van der Waals surface area contributed by atoms with E-state index in [0.29, 0.717) is 11.4 Å². The summed E-state index contributed by atoms with van der Waals surface area (Å²) >= 11 is 3.41. The Morgan fingerprint density at radius 2 is 1.82 bits per heavy atom. The summed E-state index contributed by atoms with van der Waals surface area (Å²) in [5, 5.41) is 2.91. The molecule has 2 rings (SSSR count). The fraction of sp³-hybridized carbons (Fsp3) is 0.333. The number of esters is 2. The highest BCUT2D eigenvalue weighted by Gasteiger charge is 2.39. The maximum atomic E-state index is 11.9. The average Bonchev–Trinajstić information content (AvgIpc) is 2.41. The van der Waals surface area contributed by atoms with Crippen LogP contribution < -0.4 is 10.1 Å². The van der Waals surface area contributed by atoms with Gasteiger partial charge < -0.3 is 19.5 Å². The number of cyclic esters (lactones) is 2. The lowest BCUT2D eigenvalue weighted by atomic mass is 10.1. The molecule has 1 aromatic rings. The van der Waals surface area contributed by atoms with E-state index in [2.05, 4.69) is 21.2 Å². The molecule has 1 N–H and O–H groups in total. The predicted octanol–water partition coefficient (Wildman–Crippen LogP) is 2.90. The molecule has 0 radical (unpaired) electrons. The van der Waals surface area contributed by atoms with Crippen LogP contribution in [0.4, 0.5) is 5.69 Å². The van der Waals surface area contributed by atoms with E-state index in [-0.39, 0.29) is 5.57 Å². The third-order valence-corrected chi connectivity index (χ3v) is 3.92. The van der Waals surface area contributed by atoms with Gasteiger partial charge >= 0.3 is 11.9 Å². The Morgan fingerprint density at radius 3 is 2.36 bits per heavy atom. The molecule has 118 valence electrons. The first-order valence-corrected chi connectivity index (χ1v) is 7.31. The molecule has 1 saturated heterocycles. The molecular weight excluding hydrogens is 354 g/mol. The predicted molar refractivity (Wildman–Crippen MR) is 83.4 cm³/mol. The number of benzene rings is 1. The lowest BCUT2D eigenvalue weighted by Crippen LogP contribution is -2.42. The van der Waals surface area contributed by atoms with Crippen LogP contribution in [0.15, 0.2) is 28.4 Å². The Bertz CT molecular complexity index is 644. The van der Waals surface area contributed by atoms with Crippen LogP contribution in [0.25, 0.3) is 0 Å². The van der Waals surface area contributed by atoms with E-state index >= 15 is 0 Å². The Hall–Kier alpha value is -2.02. The van der Waals surface area contributed by atoms with E-state index in [1.807, 2.05) is 13.0 Å². The molecule has 6 nitrogen and oxygen atoms in total. The van der Waals surface area contributed by atoms with Crippen molar-refractivity contribution in [3.05, 3.63) is 33.9 Å². The summed E-state index contributed by atoms with van der Waals surface area (Å²) in [6.45, 7) is 4.86. The first-order chi connectivity index (χ1) is 10.2. The minimum Gasteiger partial charge on any atom is -0.495 e. The third-order valence-electron chi connectivity index (χ3n) is 3.06. The van der Waals surface area contributed by atoms with Crippen LogP contribution in [0.3, 0.4) is 0 Å². The molecule has 1 aromatic carbocycles. The topological polar surface area (TPSA) is 73.9 Å². The summed E-state index contributed by atoms with van der Waals surface area (Å²) in [5.41, 5.74) is 1.30. The monoisotopic (exact) mass is 369 g/mol. The summed E-state index contributed by atoms with van der Waals surface area (Å²) in [4.78, 5) is 23.8. The van der Waals surface area contributed by atoms with Gasteiger partial charge in [-0.3, -0.25) is 0 Å². The minimum absolute atomic E-state index is 0.208. The summed E-state index contributed by atoms with van der Waals surface area (Å²) < 4.78 is 16.2. The summed E-state index contributed by atoms with van der Waals surface area (Å²) in [6, 6.07) is 3.61. The zero-order valence-electron chi connectivity index (χ0n) is 12.7. The number of hydrogen-bond donors (Lipinski definition) is 1. The Balaban J connectivity index is 2.31. The van der Waals surface area contributed by atoms with Crippen molar-refractivity contribution < 1.29 is 23.8 Å². The van der Waals surface area contributed by atoms with Crippen molar-refractivity contribution in [1.29, 1.82) is 0 Å². The standard InChI is InChI=1S/C15H16BrNO5/c1-8-10(16)5-6-11(20-4)12(8)17-7-9-13(18)21-15(2,3)22-14(9)19/h5-7,17H,1-4H3. The van der Waals surface area contributed by atoms with Crippen molar-refractivity contribution in [1.82, 2.24) is 0 Å². The van der Waals surface area contributed by atoms with Gasteiger partial charge in [-0.05, 0) is 24.6 Å². The highest BCUT2D eigenvalue weighted by atomic mass is 79.9. The fourth-order valence-electron chi connectivity index (χ4n) is 1.93. The van der Waals surface area contributed by atoms with E-state index in [4.69, 9.17) is 14.2 Å². The van der Waals surface area contributed by atoms with Crippen LogP contribution in [0.2, 0.25) is 0 Å². The van der Waals surface area contributed by atoms with Gasteiger partial charge in [-0.15, -0.1) is 0 Å². The molecule has 0 atom stereocenters. The normalized spacial score (nSPS) is 16.7. The quantitative estimate of drug-likeness (QED) is 0.501. The average molecular weight is 370 g/mol. The molecule has 0 unspecified atom stereocenters. The number of nitrogens with one attached hydrogen (secondary N) is 1. The number of halogens is 1. The van der Waals surface area contributed by atoms with Crippen LogP contribution in [0.1, 0.15) is 19.4 Å². The molecule has 0 bridgehead atoms. The van der Waals surface area contributed by atoms with Crippen molar-refractivity contribution in [3.8, 4) is 5.75 Å². The maximum Gasteiger partial charge on any atom is 0.350 e. The molecule has 0 aliphatic carbocycles. The molecule has 0 amide bonds. The highest BCUT2D eigenvalue weighted by molar-refractivity contribution is 9.10. The molecule has 7 heteroatoms. The van der Waals surface area contributed by atoms with Crippen LogP contribution >= 0.6 is 15.9 Å². The Labute approximate surface area is 136 Å². The van der Waals surface area contributed by atoms with Crippen LogP contribution in [0, 0.1) is 6.92 Å². The first-order valence-electron chi connectivity index (χ1n) is 6.51. The van der Waals surface area contributed by atoms with Gasteiger partial charge in [0.25, 0.3) is 5.79 Å². The molecule has 0 spiro atoms. The number of carbonyl (C=O) groups excluding carboxylic acids is 2. The van der Waals surface area contributed by atoms with Gasteiger partial charge in [0.2, 0.25) is 0 Å². The van der Waals surface area contributed by atoms with E-state index < -0.39 is 17.7 Å². The van der Waals surface area contributed by atoms with Gasteiger partial charge in [0, 0.05) is 24.5 Å². The van der Waals surface area contributed by atoms with E-state index in [9.17, 15) is 9.59 Å². The fourth-order valence-corrected chi connectivity index (χ4v) is 2.26. The number of anilines is 1. The van der Waals surface area contributed by atoms with E-state index in [1.54, 1.807) is 6.07 Å². The molecular formula is C15H16BrNO5. The van der Waals surface area contributed by atoms with Crippen molar-refractivity contribution >= 4 is 33.6 Å². The molecule has 0 aromatic heterocycles. The van der Waals surface area contributed by atoms with Crippen LogP contribution in [-0.4, -0.2) is 24.8 Å². The van der Waals surface area contributed by atoms with Crippen molar-refractivity contribution in [2.24, 2.45) is 0 Å². The second-order valence-corrected chi connectivity index (χ2v) is 5.99. The second-order valence-electron chi connectivity index (χ2n) is 5.13. The zero-order valence-corrected chi connectivity index (χ0v) is 14.2. The number of ether oxygens (including phenoxy) is 3. The van der Waals surface area contributed by atoms with Gasteiger partial charge in [0.05, 0.1) is 12.8 Å². The minimum atomic E-state index is -1.26. The van der Waals surface area contributed by atoms with E-state index in [1.165, 1.54) is 27.2 Å². The largest absolute Gasteiger partial charge is 0.495 e. The molecule has 1 fully saturated rings. The first kappa shape index (κ1) is 16.4. The molecule has 1 aliphatic rings. The highest BCUT2D eigenvalue weighted by Crippen LogP contribution is 2.33. The van der Waals surface area contributed by atoms with Gasteiger partial charge in [0.1, 0.15) is 5.75 Å². The lowest BCUT2D eigenvalue weighted by molar-refractivity contribution is -0.222. The summed E-state index contributed by atoms with van der Waals surface area (Å²) in [7, 11) is 1.53. The summed E-state index contributed by atoms with van der Waals surface area (Å²) in [6.07, 6.45) is 1.26. The van der Waals surface area contributed by atoms with E-state index in [0.717, 1.165) is 10.0 Å². The molecule has 1 heterocycles. The van der Waals surface area contributed by atoms with Gasteiger partial charge in [-0.2, -0.15) is 0 Å². The molecule has 1 aliphatic heterocycles. The second kappa shape index (κ2) is 6.00. The van der Waals surface area contributed by atoms with Crippen LogP contribution in [-0.2, 0) is 19.1 Å². The van der Waals surface area contributed by atoms with Crippen molar-refractivity contribution in [3.63, 3.8) is 0 Å². The molecule has 0 saturated carbocycles. The smallest absolute Gasteiger partial charge is 0.350 e. The number of hydrogen-bond acceptors (Lipinski definition) is 6. The Kier molecular flexibility index (Phi) is 4.46. The third kappa shape index (κ3) is 3.24. The maximum absolute atomic E-state index is 11.9. The summed E-state index contributed by atoms with van der Waals surface area (Å²) in [5.74, 6) is -2.15. The van der Waals surface area contributed by atoms with Gasteiger partial charge in [-0.25, -0.2) is 9.59 Å². The number of rotatable bonds is 3. The number of carbonyl (C=O) groups is 2. The lowest BCUT2D eigenvalue weighted by Gasteiger charge is -2.29. The molecule has 22 heavy (non-hydrogen) atoms. The van der Waals surface area contributed by atoms with Crippen LogP contribution in [0.5, 0.6) is 5.75 Å². The zero-order chi connectivity index (χ0) is 16.5. The van der Waals surface area contributed by atoms with Crippen molar-refractivity contribution in [2.45, 2.75) is 26.6 Å². The number of methoxy groups -OCH3 is 1. The van der Waals surface area contributed by atoms with Crippen molar-refractivity contribution in [2.75, 3.05) is 12.4 Å². The van der Waals surface area contributed by atoms with Gasteiger partial charge in [0.15, 0.2) is 5.57 Å². The Morgan fingerprint density at radius 1 is 1.23 bits per heavy atom.